The molecule has 0 radical (unpaired) electrons. The minimum atomic E-state index is -0.891. The lowest BCUT2D eigenvalue weighted by atomic mass is 10.0. The Kier molecular flexibility index (Phi) is 45.4. The highest BCUT2D eigenvalue weighted by molar-refractivity contribution is 5.76. The Labute approximate surface area is 353 Å². The van der Waals surface area contributed by atoms with Gasteiger partial charge in [0.15, 0.2) is 0 Å². The van der Waals surface area contributed by atoms with Gasteiger partial charge < -0.3 is 15.5 Å². The maximum Gasteiger partial charge on any atom is 0.220 e. The van der Waals surface area contributed by atoms with Crippen LogP contribution >= 0.6 is 0 Å². The summed E-state index contributed by atoms with van der Waals surface area (Å²) in [5, 5.41) is 23.0. The minimum absolute atomic E-state index is 0.113. The Morgan fingerprint density at radius 1 is 0.439 bits per heavy atom. The summed E-state index contributed by atoms with van der Waals surface area (Å²) in [6.07, 6.45) is 71.1. The van der Waals surface area contributed by atoms with E-state index in [2.05, 4.69) is 104 Å². The molecule has 3 N–H and O–H groups in total. The van der Waals surface area contributed by atoms with E-state index in [-0.39, 0.29) is 12.5 Å². The SMILES string of the molecule is CC/C=C\C/C=C\C/C=C\C/C=C\C/C=C\CCCCCC(=O)NC(CO)C(O)/C=C/CC/C=C/CC/C=C/CCCCCCCCCCCCCCCCCC. The predicted molar refractivity (Wildman–Crippen MR) is 253 cm³/mol. The van der Waals surface area contributed by atoms with Crippen LogP contribution in [0.5, 0.6) is 0 Å². The number of amides is 1. The van der Waals surface area contributed by atoms with E-state index in [4.69, 9.17) is 0 Å². The van der Waals surface area contributed by atoms with Crippen LogP contribution in [0.25, 0.3) is 0 Å². The molecule has 0 aromatic heterocycles. The van der Waals surface area contributed by atoms with Gasteiger partial charge in [-0.1, -0.05) is 214 Å². The molecule has 0 rings (SSSR count). The number of nitrogens with one attached hydrogen (secondary N) is 1. The van der Waals surface area contributed by atoms with Crippen LogP contribution < -0.4 is 5.32 Å². The van der Waals surface area contributed by atoms with Crippen molar-refractivity contribution >= 4 is 5.91 Å². The summed E-state index contributed by atoms with van der Waals surface area (Å²) in [6, 6.07) is -0.670. The van der Waals surface area contributed by atoms with Crippen molar-refractivity contribution in [1.82, 2.24) is 5.32 Å². The summed E-state index contributed by atoms with van der Waals surface area (Å²) < 4.78 is 0. The molecule has 2 unspecified atom stereocenters. The number of carbonyl (C=O) groups is 1. The Balaban J connectivity index is 3.70. The molecule has 57 heavy (non-hydrogen) atoms. The number of hydrogen-bond acceptors (Lipinski definition) is 3. The van der Waals surface area contributed by atoms with E-state index in [1.165, 1.54) is 109 Å². The highest BCUT2D eigenvalue weighted by Crippen LogP contribution is 2.14. The third-order valence-corrected chi connectivity index (χ3v) is 10.3. The zero-order chi connectivity index (χ0) is 41.4. The van der Waals surface area contributed by atoms with Gasteiger partial charge in [0.25, 0.3) is 0 Å². The second-order valence-corrected chi connectivity index (χ2v) is 15.8. The molecule has 326 valence electrons. The quantitative estimate of drug-likeness (QED) is 0.0426. The molecule has 0 saturated heterocycles. The van der Waals surface area contributed by atoms with Gasteiger partial charge in [0.05, 0.1) is 18.8 Å². The van der Waals surface area contributed by atoms with Gasteiger partial charge in [-0.15, -0.1) is 0 Å². The lowest BCUT2D eigenvalue weighted by molar-refractivity contribution is -0.123. The number of rotatable bonds is 42. The summed E-state index contributed by atoms with van der Waals surface area (Å²) in [6.45, 7) is 4.16. The first-order chi connectivity index (χ1) is 28.2. The molecule has 0 spiro atoms. The van der Waals surface area contributed by atoms with Crippen LogP contribution in [-0.2, 0) is 4.79 Å². The summed E-state index contributed by atoms with van der Waals surface area (Å²) in [4.78, 5) is 12.4. The molecule has 0 heterocycles. The van der Waals surface area contributed by atoms with E-state index in [0.717, 1.165) is 83.5 Å². The largest absolute Gasteiger partial charge is 0.394 e. The van der Waals surface area contributed by atoms with Crippen LogP contribution in [0.15, 0.2) is 97.2 Å². The maximum absolute atomic E-state index is 12.4. The topological polar surface area (TPSA) is 69.6 Å². The lowest BCUT2D eigenvalue weighted by Crippen LogP contribution is -2.45. The second kappa shape index (κ2) is 47.7. The molecule has 0 aromatic carbocycles. The highest BCUT2D eigenvalue weighted by Gasteiger charge is 2.17. The smallest absolute Gasteiger partial charge is 0.220 e. The van der Waals surface area contributed by atoms with Crippen LogP contribution in [0.2, 0.25) is 0 Å². The monoisotopic (exact) mass is 790 g/mol. The van der Waals surface area contributed by atoms with Gasteiger partial charge in [-0.2, -0.15) is 0 Å². The van der Waals surface area contributed by atoms with Crippen LogP contribution in [0.4, 0.5) is 0 Å². The zero-order valence-corrected chi connectivity index (χ0v) is 37.3. The molecule has 4 heteroatoms. The van der Waals surface area contributed by atoms with E-state index < -0.39 is 12.1 Å². The van der Waals surface area contributed by atoms with Gasteiger partial charge in [0.2, 0.25) is 5.91 Å². The molecule has 0 bridgehead atoms. The van der Waals surface area contributed by atoms with Crippen molar-refractivity contribution in [2.24, 2.45) is 0 Å². The molecule has 0 aliphatic heterocycles. The van der Waals surface area contributed by atoms with Crippen molar-refractivity contribution in [2.75, 3.05) is 6.61 Å². The Morgan fingerprint density at radius 2 is 0.789 bits per heavy atom. The van der Waals surface area contributed by atoms with E-state index in [0.29, 0.717) is 6.42 Å². The van der Waals surface area contributed by atoms with Crippen LogP contribution in [0.1, 0.15) is 213 Å². The molecule has 0 fully saturated rings. The number of allylic oxidation sites excluding steroid dienone is 15. The van der Waals surface area contributed by atoms with Crippen molar-refractivity contribution in [2.45, 2.75) is 225 Å². The van der Waals surface area contributed by atoms with Crippen molar-refractivity contribution in [3.05, 3.63) is 97.2 Å². The molecule has 0 aliphatic rings. The Morgan fingerprint density at radius 3 is 1.23 bits per heavy atom. The van der Waals surface area contributed by atoms with Gasteiger partial charge >= 0.3 is 0 Å². The number of carbonyl (C=O) groups excluding carboxylic acids is 1. The third-order valence-electron chi connectivity index (χ3n) is 10.3. The first-order valence-electron chi connectivity index (χ1n) is 24.0. The van der Waals surface area contributed by atoms with Crippen molar-refractivity contribution in [3.63, 3.8) is 0 Å². The standard InChI is InChI=1S/C53H91NO3/c1-3-5-7-9-11-13-15-17-19-21-23-24-25-26-27-28-29-31-32-34-36-38-40-42-44-46-48-52(56)51(50-55)54-53(57)49-47-45-43-41-39-37-35-33-30-22-20-18-16-14-12-10-8-6-4-2/h6,8,12,14,18,20,30-33,37-40,46,48,51-52,55-56H,3-5,7,9-11,13,15-17,19,21-29,34-36,41-45,47,49-50H2,1-2H3,(H,54,57)/b8-6-,14-12-,20-18-,32-31+,33-30-,39-37-,40-38+,48-46+. The summed E-state index contributed by atoms with van der Waals surface area (Å²) in [5.74, 6) is -0.113. The number of unbranched alkanes of at least 4 members (excludes halogenated alkanes) is 21. The van der Waals surface area contributed by atoms with E-state index in [9.17, 15) is 15.0 Å². The molecule has 4 nitrogen and oxygen atoms in total. The Bertz CT molecular complexity index is 1080. The van der Waals surface area contributed by atoms with Crippen LogP contribution in [0.3, 0.4) is 0 Å². The summed E-state index contributed by atoms with van der Waals surface area (Å²) in [7, 11) is 0. The van der Waals surface area contributed by atoms with Gasteiger partial charge in [-0.25, -0.2) is 0 Å². The Hall–Kier alpha value is -2.69. The molecular formula is C53H91NO3. The fraction of sp³-hybridized carbons (Fsp3) is 0.679. The van der Waals surface area contributed by atoms with Crippen LogP contribution in [-0.4, -0.2) is 34.9 Å². The van der Waals surface area contributed by atoms with Gasteiger partial charge in [-0.3, -0.25) is 4.79 Å². The van der Waals surface area contributed by atoms with Crippen molar-refractivity contribution in [1.29, 1.82) is 0 Å². The fourth-order valence-electron chi connectivity index (χ4n) is 6.65. The summed E-state index contributed by atoms with van der Waals surface area (Å²) >= 11 is 0. The number of aliphatic hydroxyl groups excluding tert-OH is 2. The fourth-order valence-corrected chi connectivity index (χ4v) is 6.65. The van der Waals surface area contributed by atoms with E-state index >= 15 is 0 Å². The van der Waals surface area contributed by atoms with E-state index in [1.54, 1.807) is 6.08 Å². The molecule has 0 aliphatic carbocycles. The predicted octanol–water partition coefficient (Wildman–Crippen LogP) is 15.4. The second-order valence-electron chi connectivity index (χ2n) is 15.8. The van der Waals surface area contributed by atoms with Gasteiger partial charge in [0.1, 0.15) is 0 Å². The maximum atomic E-state index is 12.4. The normalized spacial score (nSPS) is 13.8. The van der Waals surface area contributed by atoms with Crippen molar-refractivity contribution in [3.8, 4) is 0 Å². The lowest BCUT2D eigenvalue weighted by Gasteiger charge is -2.19. The number of hydrogen-bond donors (Lipinski definition) is 3. The van der Waals surface area contributed by atoms with Gasteiger partial charge in [-0.05, 0) is 89.9 Å². The average molecular weight is 790 g/mol. The first-order valence-corrected chi connectivity index (χ1v) is 24.0. The average Bonchev–Trinajstić information content (AvgIpc) is 3.22. The third kappa shape index (κ3) is 44.3. The minimum Gasteiger partial charge on any atom is -0.394 e. The molecule has 1 amide bonds. The van der Waals surface area contributed by atoms with Crippen molar-refractivity contribution < 1.29 is 15.0 Å². The molecular weight excluding hydrogens is 699 g/mol. The van der Waals surface area contributed by atoms with Gasteiger partial charge in [0, 0.05) is 6.42 Å². The number of aliphatic hydroxyl groups is 2. The highest BCUT2D eigenvalue weighted by atomic mass is 16.3. The first kappa shape index (κ1) is 54.3. The zero-order valence-electron chi connectivity index (χ0n) is 37.3. The van der Waals surface area contributed by atoms with E-state index in [1.807, 2.05) is 6.08 Å². The molecule has 2 atom stereocenters. The summed E-state index contributed by atoms with van der Waals surface area (Å²) in [5.41, 5.74) is 0. The molecule has 0 saturated carbocycles. The van der Waals surface area contributed by atoms with Crippen LogP contribution in [0, 0.1) is 0 Å². The molecule has 0 aromatic rings.